The average molecular weight is 1110 g/mol. The number of amides is 7. The first-order valence-corrected chi connectivity index (χ1v) is 28.2. The molecular weight excluding hydrogens is 1040 g/mol. The van der Waals surface area contributed by atoms with Crippen LogP contribution in [-0.4, -0.2) is 134 Å². The van der Waals surface area contributed by atoms with Crippen LogP contribution in [0.15, 0.2) is 109 Å². The van der Waals surface area contributed by atoms with Crippen molar-refractivity contribution in [3.8, 4) is 0 Å². The number of fused-ring (bicyclic) bond motifs is 2. The Kier molecular flexibility index (Phi) is 17.4. The van der Waals surface area contributed by atoms with Gasteiger partial charge in [-0.15, -0.1) is 0 Å². The second-order valence-electron chi connectivity index (χ2n) is 21.0. The maximum Gasteiger partial charge on any atom is 0.399 e. The smallest absolute Gasteiger partial charge is 0.374 e. The highest BCUT2D eigenvalue weighted by atomic mass is 31.2. The SMILES string of the molecule is NC(=O)CC[C@H](NC(=O)[C@@H]1CC[C@@H]2CCN(CC3CCN(Cc4cccc(NC5CCC(=O)NC5=O)c4)CC3)C[C@H](NC(=O)c3cc4cc(C(F)(F)P(=O)(O)O)ccc4[nH]3)C(=O)N21)C(=O)NC(c1ccccc1)c1ccccc1. The van der Waals surface area contributed by atoms with E-state index in [-0.39, 0.29) is 66.6 Å². The molecule has 0 bridgehead atoms. The summed E-state index contributed by atoms with van der Waals surface area (Å²) < 4.78 is 41.2. The number of primary amides is 1. The molecule has 4 aliphatic heterocycles. The molecule has 9 rings (SSSR count). The fourth-order valence-corrected chi connectivity index (χ4v) is 11.7. The van der Waals surface area contributed by atoms with Crippen LogP contribution in [0.2, 0.25) is 0 Å². The van der Waals surface area contributed by atoms with Crippen molar-refractivity contribution in [2.75, 3.05) is 38.0 Å². The molecule has 23 heteroatoms. The zero-order valence-electron chi connectivity index (χ0n) is 43.3. The first-order valence-electron chi connectivity index (χ1n) is 26.6. The standard InChI is InChI=1S/C56H65F2N10O10P/c57-56(58,79(76,77)78)39-14-16-42-38(29-39)30-45(61-42)53(73)63-46-33-67(31-34-22-25-66(26-23-34)32-35-8-7-13-40(28-35)60-43-18-21-49(70)64-51(43)71)27-24-41-15-19-47(68(41)55(46)75)54(74)62-44(17-20-48(59)69)52(72)65-50(36-9-3-1-4-10-36)37-11-5-2-6-12-37/h1-14,16,28-30,34,41,43-44,46-47,50,60-61H,15,17-27,31-33H2,(H2,59,69)(H,62,74)(H,63,73)(H,65,72)(H,64,70,71)(H2,76,77,78)/t41-,43?,44+,46+,47+/m1/s1. The van der Waals surface area contributed by atoms with Crippen LogP contribution in [0.4, 0.5) is 14.5 Å². The molecule has 4 saturated heterocycles. The highest BCUT2D eigenvalue weighted by molar-refractivity contribution is 7.52. The number of nitrogens with two attached hydrogens (primary N) is 1. The molecule has 20 nitrogen and oxygen atoms in total. The molecular formula is C56H65F2N10O10P. The second-order valence-corrected chi connectivity index (χ2v) is 22.7. The molecule has 0 spiro atoms. The number of aromatic nitrogens is 1. The lowest BCUT2D eigenvalue weighted by atomic mass is 9.95. The molecule has 0 radical (unpaired) electrons. The van der Waals surface area contributed by atoms with Crippen LogP contribution in [0.5, 0.6) is 0 Å². The third kappa shape index (κ3) is 13.6. The molecule has 5 atom stereocenters. The summed E-state index contributed by atoms with van der Waals surface area (Å²) in [5, 5.41) is 14.5. The first-order chi connectivity index (χ1) is 37.8. The summed E-state index contributed by atoms with van der Waals surface area (Å²) in [5.74, 6) is -3.59. The molecule has 4 fully saturated rings. The summed E-state index contributed by atoms with van der Waals surface area (Å²) >= 11 is 0. The van der Waals surface area contributed by atoms with Crippen molar-refractivity contribution >= 4 is 65.5 Å². The van der Waals surface area contributed by atoms with Crippen molar-refractivity contribution in [3.63, 3.8) is 0 Å². The minimum atomic E-state index is -5.90. The summed E-state index contributed by atoms with van der Waals surface area (Å²) in [4.78, 5) is 122. The van der Waals surface area contributed by atoms with E-state index in [1.165, 1.54) is 17.0 Å². The van der Waals surface area contributed by atoms with Crippen molar-refractivity contribution in [2.45, 2.75) is 106 Å². The van der Waals surface area contributed by atoms with E-state index in [1.54, 1.807) is 0 Å². The second kappa shape index (κ2) is 24.3. The fraction of sp³-hybridized carbons (Fsp3) is 0.411. The summed E-state index contributed by atoms with van der Waals surface area (Å²) in [6.07, 6.45) is 3.19. The maximum absolute atomic E-state index is 15.1. The number of piperidine rings is 2. The Hall–Kier alpha value is -7.36. The molecule has 5 aromatic rings. The van der Waals surface area contributed by atoms with Crippen molar-refractivity contribution in [1.29, 1.82) is 0 Å². The molecule has 4 aromatic carbocycles. The lowest BCUT2D eigenvalue weighted by Crippen LogP contribution is -2.61. The zero-order valence-corrected chi connectivity index (χ0v) is 44.2. The number of aromatic amines is 1. The monoisotopic (exact) mass is 1110 g/mol. The molecule has 79 heavy (non-hydrogen) atoms. The third-order valence-corrected chi connectivity index (χ3v) is 16.5. The summed E-state index contributed by atoms with van der Waals surface area (Å²) in [6.45, 7) is 3.41. The number of nitrogens with zero attached hydrogens (tertiary/aromatic N) is 3. The van der Waals surface area contributed by atoms with Crippen molar-refractivity contribution in [1.82, 2.24) is 41.0 Å². The third-order valence-electron chi connectivity index (χ3n) is 15.5. The van der Waals surface area contributed by atoms with Crippen LogP contribution in [0, 0.1) is 5.92 Å². The number of benzene rings is 4. The van der Waals surface area contributed by atoms with Gasteiger partial charge in [-0.1, -0.05) is 78.9 Å². The van der Waals surface area contributed by atoms with E-state index in [0.717, 1.165) is 60.4 Å². The highest BCUT2D eigenvalue weighted by Gasteiger charge is 2.51. The van der Waals surface area contributed by atoms with E-state index >= 15 is 4.79 Å². The Morgan fingerprint density at radius 2 is 1.48 bits per heavy atom. The minimum absolute atomic E-state index is 0.0538. The minimum Gasteiger partial charge on any atom is -0.374 e. The number of likely N-dealkylation sites (tertiary alicyclic amines) is 1. The van der Waals surface area contributed by atoms with Gasteiger partial charge in [-0.05, 0) is 111 Å². The number of imide groups is 1. The van der Waals surface area contributed by atoms with Gasteiger partial charge in [0.05, 0.1) is 6.04 Å². The normalized spacial score (nSPS) is 21.2. The largest absolute Gasteiger partial charge is 0.399 e. The Bertz CT molecular complexity index is 3080. The van der Waals surface area contributed by atoms with Crippen LogP contribution in [0.1, 0.15) is 96.6 Å². The summed E-state index contributed by atoms with van der Waals surface area (Å²) in [6, 6.07) is 25.5. The van der Waals surface area contributed by atoms with Gasteiger partial charge in [-0.3, -0.25) is 48.3 Å². The Labute approximate surface area is 454 Å². The van der Waals surface area contributed by atoms with Crippen molar-refractivity contribution in [2.24, 2.45) is 11.7 Å². The predicted molar refractivity (Wildman–Crippen MR) is 288 cm³/mol. The van der Waals surface area contributed by atoms with Gasteiger partial charge >= 0.3 is 13.3 Å². The van der Waals surface area contributed by atoms with Gasteiger partial charge in [-0.25, -0.2) is 0 Å². The van der Waals surface area contributed by atoms with E-state index in [9.17, 15) is 51.9 Å². The van der Waals surface area contributed by atoms with Gasteiger partial charge in [0.15, 0.2) is 0 Å². The Balaban J connectivity index is 0.910. The molecule has 7 amide bonds. The van der Waals surface area contributed by atoms with E-state index in [0.29, 0.717) is 38.9 Å². The number of nitrogens with one attached hydrogen (secondary N) is 6. The number of H-pyrrole nitrogens is 1. The van der Waals surface area contributed by atoms with Crippen LogP contribution < -0.4 is 32.3 Å². The lowest BCUT2D eigenvalue weighted by Gasteiger charge is -2.40. The zero-order chi connectivity index (χ0) is 56.0. The van der Waals surface area contributed by atoms with Crippen LogP contribution in [0.25, 0.3) is 10.9 Å². The maximum atomic E-state index is 15.1. The number of alkyl halides is 2. The predicted octanol–water partition coefficient (Wildman–Crippen LogP) is 4.34. The van der Waals surface area contributed by atoms with Gasteiger partial charge < -0.3 is 51.6 Å². The van der Waals surface area contributed by atoms with E-state index in [4.69, 9.17) is 5.73 Å². The first kappa shape index (κ1) is 56.4. The van der Waals surface area contributed by atoms with Crippen LogP contribution >= 0.6 is 7.60 Å². The quantitative estimate of drug-likeness (QED) is 0.0412. The van der Waals surface area contributed by atoms with Gasteiger partial charge in [0.25, 0.3) is 5.91 Å². The van der Waals surface area contributed by atoms with Gasteiger partial charge in [-0.2, -0.15) is 8.78 Å². The van der Waals surface area contributed by atoms with Crippen LogP contribution in [0.3, 0.4) is 0 Å². The van der Waals surface area contributed by atoms with Crippen molar-refractivity contribution < 1.29 is 56.7 Å². The van der Waals surface area contributed by atoms with Gasteiger partial charge in [0, 0.05) is 67.2 Å². The molecule has 1 aromatic heterocycles. The molecule has 4 aliphatic rings. The number of anilines is 1. The molecule has 418 valence electrons. The van der Waals surface area contributed by atoms with E-state index < -0.39 is 84.6 Å². The summed E-state index contributed by atoms with van der Waals surface area (Å²) in [5.41, 5.74) is 3.61. The van der Waals surface area contributed by atoms with Gasteiger partial charge in [0.2, 0.25) is 35.4 Å². The average Bonchev–Trinajstić information content (AvgIpc) is 4.08. The topological polar surface area (TPSA) is 289 Å². The van der Waals surface area contributed by atoms with Crippen LogP contribution in [-0.2, 0) is 45.5 Å². The number of halogens is 2. The fourth-order valence-electron chi connectivity index (χ4n) is 11.3. The highest BCUT2D eigenvalue weighted by Crippen LogP contribution is 2.59. The Morgan fingerprint density at radius 1 is 0.785 bits per heavy atom. The summed E-state index contributed by atoms with van der Waals surface area (Å²) in [7, 11) is -5.90. The number of carbonyl (C=O) groups is 7. The van der Waals surface area contributed by atoms with Crippen molar-refractivity contribution in [3.05, 3.63) is 137 Å². The Morgan fingerprint density at radius 3 is 2.15 bits per heavy atom. The molecule has 0 aliphatic carbocycles. The molecule has 10 N–H and O–H groups in total. The van der Waals surface area contributed by atoms with E-state index in [2.05, 4.69) is 41.4 Å². The van der Waals surface area contributed by atoms with E-state index in [1.807, 2.05) is 84.9 Å². The number of carbonyl (C=O) groups excluding carboxylic acids is 7. The molecule has 5 heterocycles. The number of hydrogen-bond donors (Lipinski definition) is 9. The molecule has 0 saturated carbocycles. The molecule has 1 unspecified atom stereocenters. The number of rotatable bonds is 19. The number of hydrogen-bond acceptors (Lipinski definition) is 11. The lowest BCUT2D eigenvalue weighted by molar-refractivity contribution is -0.144. The van der Waals surface area contributed by atoms with Gasteiger partial charge in [0.1, 0.15) is 29.9 Å².